The van der Waals surface area contributed by atoms with Crippen LogP contribution in [0.2, 0.25) is 0 Å². The Morgan fingerprint density at radius 3 is 2.38 bits per heavy atom. The van der Waals surface area contributed by atoms with Crippen molar-refractivity contribution in [1.82, 2.24) is 19.8 Å². The van der Waals surface area contributed by atoms with E-state index in [1.165, 1.54) is 4.31 Å². The fourth-order valence-electron chi connectivity index (χ4n) is 4.11. The molecule has 0 aliphatic carbocycles. The van der Waals surface area contributed by atoms with Gasteiger partial charge in [0.05, 0.1) is 11.7 Å². The highest BCUT2D eigenvalue weighted by atomic mass is 32.2. The molecule has 1 fully saturated rings. The summed E-state index contributed by atoms with van der Waals surface area (Å²) in [7, 11) is -3.70. The molecular formula is C23H26N4O4S. The number of carbonyl (C=O) groups excluding carboxylic acids is 1. The van der Waals surface area contributed by atoms with Gasteiger partial charge < -0.3 is 9.84 Å². The van der Waals surface area contributed by atoms with Crippen LogP contribution in [0.25, 0.3) is 0 Å². The zero-order valence-corrected chi connectivity index (χ0v) is 18.9. The second kappa shape index (κ2) is 9.22. The summed E-state index contributed by atoms with van der Waals surface area (Å²) in [4.78, 5) is 17.7. The van der Waals surface area contributed by atoms with Crippen LogP contribution in [0.3, 0.4) is 0 Å². The van der Waals surface area contributed by atoms with Crippen molar-refractivity contribution in [2.45, 2.75) is 37.6 Å². The number of aromatic nitrogens is 2. The molecule has 1 amide bonds. The molecule has 1 aromatic carbocycles. The lowest BCUT2D eigenvalue weighted by molar-refractivity contribution is -0.126. The summed E-state index contributed by atoms with van der Waals surface area (Å²) < 4.78 is 32.5. The maximum absolute atomic E-state index is 13.1. The molecule has 1 saturated heterocycles. The summed E-state index contributed by atoms with van der Waals surface area (Å²) in [6, 6.07) is 14.9. The van der Waals surface area contributed by atoms with E-state index in [4.69, 9.17) is 4.52 Å². The fourth-order valence-corrected chi connectivity index (χ4v) is 5.87. The highest BCUT2D eigenvalue weighted by Gasteiger charge is 2.36. The third kappa shape index (κ3) is 4.44. The lowest BCUT2D eigenvalue weighted by Crippen LogP contribution is -2.44. The molecule has 0 bridgehead atoms. The molecule has 1 atom stereocenters. The smallest absolute Gasteiger partial charge is 0.248 e. The zero-order chi connectivity index (χ0) is 22.7. The number of hydrogen-bond acceptors (Lipinski definition) is 6. The minimum Gasteiger partial charge on any atom is -0.360 e. The molecule has 1 aliphatic heterocycles. The Bertz CT molecular complexity index is 1110. The molecule has 8 nitrogen and oxygen atoms in total. The molecule has 0 radical (unpaired) electrons. The Morgan fingerprint density at radius 2 is 1.78 bits per heavy atom. The molecule has 9 heteroatoms. The minimum absolute atomic E-state index is 0.0982. The molecular weight excluding hydrogens is 428 g/mol. The van der Waals surface area contributed by atoms with Crippen molar-refractivity contribution in [3.63, 3.8) is 0 Å². The van der Waals surface area contributed by atoms with Gasteiger partial charge in [0.15, 0.2) is 5.76 Å². The maximum Gasteiger partial charge on any atom is 0.248 e. The second-order valence-corrected chi connectivity index (χ2v) is 9.81. The van der Waals surface area contributed by atoms with Gasteiger partial charge in [0.2, 0.25) is 15.9 Å². The van der Waals surface area contributed by atoms with Gasteiger partial charge in [-0.1, -0.05) is 41.6 Å². The van der Waals surface area contributed by atoms with Crippen LogP contribution in [0.5, 0.6) is 0 Å². The van der Waals surface area contributed by atoms with E-state index < -0.39 is 10.0 Å². The van der Waals surface area contributed by atoms with Gasteiger partial charge in [0, 0.05) is 25.2 Å². The van der Waals surface area contributed by atoms with E-state index in [-0.39, 0.29) is 41.6 Å². The number of nitrogens with one attached hydrogen (secondary N) is 1. The number of carbonyl (C=O) groups is 1. The van der Waals surface area contributed by atoms with Gasteiger partial charge in [-0.2, -0.15) is 4.31 Å². The summed E-state index contributed by atoms with van der Waals surface area (Å²) in [5, 5.41) is 6.88. The minimum atomic E-state index is -3.70. The Kier molecular flexibility index (Phi) is 6.38. The van der Waals surface area contributed by atoms with E-state index in [0.29, 0.717) is 18.5 Å². The molecule has 1 aliphatic rings. The van der Waals surface area contributed by atoms with Crippen LogP contribution in [0.4, 0.5) is 0 Å². The molecule has 1 N–H and O–H groups in total. The van der Waals surface area contributed by atoms with Gasteiger partial charge in [0.25, 0.3) is 0 Å². The standard InChI is InChI=1S/C23H26N4O4S/c1-16-22(17(2)31-26-16)32(29,30)27-14-11-19(12-15-27)23(28)25-21(18-8-4-3-5-9-18)20-10-6-7-13-24-20/h3-10,13,19,21H,11-12,14-15H2,1-2H3,(H,25,28). The first-order valence-corrected chi connectivity index (χ1v) is 12.0. The Hall–Kier alpha value is -3.04. The first-order valence-electron chi connectivity index (χ1n) is 10.6. The molecule has 1 unspecified atom stereocenters. The predicted molar refractivity (Wildman–Crippen MR) is 118 cm³/mol. The summed E-state index contributed by atoms with van der Waals surface area (Å²) >= 11 is 0. The molecule has 4 rings (SSSR count). The average Bonchev–Trinajstić information content (AvgIpc) is 3.17. The van der Waals surface area contributed by atoms with E-state index in [1.807, 2.05) is 48.5 Å². The lowest BCUT2D eigenvalue weighted by Gasteiger charge is -2.31. The lowest BCUT2D eigenvalue weighted by atomic mass is 9.95. The summed E-state index contributed by atoms with van der Waals surface area (Å²) in [5.41, 5.74) is 2.05. The number of pyridine rings is 1. The van der Waals surface area contributed by atoms with Crippen LogP contribution in [0.15, 0.2) is 64.1 Å². The van der Waals surface area contributed by atoms with Crippen molar-refractivity contribution >= 4 is 15.9 Å². The SMILES string of the molecule is Cc1noc(C)c1S(=O)(=O)N1CCC(C(=O)NC(c2ccccc2)c2ccccn2)CC1. The molecule has 32 heavy (non-hydrogen) atoms. The number of aryl methyl sites for hydroxylation is 2. The van der Waals surface area contributed by atoms with Gasteiger partial charge in [-0.15, -0.1) is 0 Å². The maximum atomic E-state index is 13.1. The highest BCUT2D eigenvalue weighted by Crippen LogP contribution is 2.28. The first-order chi connectivity index (χ1) is 15.4. The van der Waals surface area contributed by atoms with Gasteiger partial charge in [-0.3, -0.25) is 9.78 Å². The molecule has 0 spiro atoms. The summed E-state index contributed by atoms with van der Waals surface area (Å²) in [5.74, 6) is -0.0941. The monoisotopic (exact) mass is 454 g/mol. The largest absolute Gasteiger partial charge is 0.360 e. The van der Waals surface area contributed by atoms with Crippen LogP contribution < -0.4 is 5.32 Å². The van der Waals surface area contributed by atoms with Crippen LogP contribution in [-0.4, -0.2) is 41.9 Å². The molecule has 3 heterocycles. The Balaban J connectivity index is 1.46. The number of amides is 1. The topological polar surface area (TPSA) is 105 Å². The summed E-state index contributed by atoms with van der Waals surface area (Å²) in [6.45, 7) is 3.74. The van der Waals surface area contributed by atoms with Crippen LogP contribution >= 0.6 is 0 Å². The van der Waals surface area contributed by atoms with Crippen molar-refractivity contribution < 1.29 is 17.7 Å². The highest BCUT2D eigenvalue weighted by molar-refractivity contribution is 7.89. The third-order valence-electron chi connectivity index (χ3n) is 5.79. The fraction of sp³-hybridized carbons (Fsp3) is 0.348. The Morgan fingerprint density at radius 1 is 1.09 bits per heavy atom. The quantitative estimate of drug-likeness (QED) is 0.614. The average molecular weight is 455 g/mol. The van der Waals surface area contributed by atoms with Crippen molar-refractivity contribution in [2.75, 3.05) is 13.1 Å². The summed E-state index contributed by atoms with van der Waals surface area (Å²) in [6.07, 6.45) is 2.59. The number of piperidine rings is 1. The van der Waals surface area contributed by atoms with Crippen LogP contribution in [0.1, 0.15) is 41.6 Å². The Labute approximate surface area is 187 Å². The van der Waals surface area contributed by atoms with E-state index >= 15 is 0 Å². The van der Waals surface area contributed by atoms with Crippen LogP contribution in [-0.2, 0) is 14.8 Å². The predicted octanol–water partition coefficient (Wildman–Crippen LogP) is 2.99. The molecule has 168 valence electrons. The number of rotatable bonds is 6. The van der Waals surface area contributed by atoms with Gasteiger partial charge in [0.1, 0.15) is 10.6 Å². The third-order valence-corrected chi connectivity index (χ3v) is 7.94. The molecule has 0 saturated carbocycles. The number of hydrogen-bond donors (Lipinski definition) is 1. The van der Waals surface area contributed by atoms with Crippen molar-refractivity contribution in [3.8, 4) is 0 Å². The van der Waals surface area contributed by atoms with E-state index in [9.17, 15) is 13.2 Å². The van der Waals surface area contributed by atoms with Crippen molar-refractivity contribution in [2.24, 2.45) is 5.92 Å². The van der Waals surface area contributed by atoms with E-state index in [1.54, 1.807) is 20.0 Å². The van der Waals surface area contributed by atoms with Crippen LogP contribution in [0, 0.1) is 19.8 Å². The second-order valence-electron chi connectivity index (χ2n) is 7.94. The molecule has 2 aromatic heterocycles. The van der Waals surface area contributed by atoms with E-state index in [2.05, 4.69) is 15.5 Å². The number of nitrogens with zero attached hydrogens (tertiary/aromatic N) is 3. The van der Waals surface area contributed by atoms with Gasteiger partial charge in [-0.25, -0.2) is 8.42 Å². The first kappa shape index (κ1) is 22.2. The zero-order valence-electron chi connectivity index (χ0n) is 18.1. The molecule has 3 aromatic rings. The number of sulfonamides is 1. The van der Waals surface area contributed by atoms with Gasteiger partial charge in [-0.05, 0) is 44.4 Å². The normalized spacial score (nSPS) is 16.6. The van der Waals surface area contributed by atoms with Crippen molar-refractivity contribution in [1.29, 1.82) is 0 Å². The van der Waals surface area contributed by atoms with E-state index in [0.717, 1.165) is 11.3 Å². The van der Waals surface area contributed by atoms with Gasteiger partial charge >= 0.3 is 0 Å². The van der Waals surface area contributed by atoms with Crippen molar-refractivity contribution in [3.05, 3.63) is 77.4 Å². The number of benzene rings is 1.